The van der Waals surface area contributed by atoms with E-state index in [2.05, 4.69) is 82.2 Å². The molecule has 0 saturated carbocycles. The zero-order valence-electron chi connectivity index (χ0n) is 21.8. The molecule has 0 N–H and O–H groups in total. The molecule has 9 aromatic rings. The van der Waals surface area contributed by atoms with Crippen LogP contribution in [0.2, 0.25) is 0 Å². The number of para-hydroxylation sites is 1. The van der Waals surface area contributed by atoms with Gasteiger partial charge < -0.3 is 8.83 Å². The van der Waals surface area contributed by atoms with Crippen LogP contribution in [0.5, 0.6) is 0 Å². The SMILES string of the molecule is c1ccc(-c2c(-c3ccc(-c4ccc5oc6cc7c(cc6c5c4)oc4ccccc47)cc3)nc3ncccn23)cc1. The molecule has 5 nitrogen and oxygen atoms in total. The fourth-order valence-corrected chi connectivity index (χ4v) is 5.95. The van der Waals surface area contributed by atoms with Crippen LogP contribution in [-0.4, -0.2) is 14.4 Å². The Morgan fingerprint density at radius 1 is 0.488 bits per heavy atom. The number of imidazole rings is 1. The zero-order chi connectivity index (χ0) is 26.9. The predicted octanol–water partition coefficient (Wildman–Crippen LogP) is 9.53. The monoisotopic (exact) mass is 527 g/mol. The average Bonchev–Trinajstić information content (AvgIpc) is 3.71. The van der Waals surface area contributed by atoms with Crippen molar-refractivity contribution in [2.75, 3.05) is 0 Å². The van der Waals surface area contributed by atoms with Gasteiger partial charge in [0.1, 0.15) is 22.3 Å². The van der Waals surface area contributed by atoms with Crippen molar-refractivity contribution in [1.82, 2.24) is 14.4 Å². The first-order valence-electron chi connectivity index (χ1n) is 13.6. The molecule has 0 aliphatic rings. The highest BCUT2D eigenvalue weighted by Crippen LogP contribution is 2.38. The summed E-state index contributed by atoms with van der Waals surface area (Å²) in [7, 11) is 0. The second-order valence-electron chi connectivity index (χ2n) is 10.3. The Kier molecular flexibility index (Phi) is 4.55. The lowest BCUT2D eigenvalue weighted by atomic mass is 9.99. The summed E-state index contributed by atoms with van der Waals surface area (Å²) in [5.41, 5.74) is 9.81. The van der Waals surface area contributed by atoms with Gasteiger partial charge in [0.2, 0.25) is 5.78 Å². The first-order chi connectivity index (χ1) is 20.3. The van der Waals surface area contributed by atoms with Crippen molar-refractivity contribution in [3.8, 4) is 33.6 Å². The minimum Gasteiger partial charge on any atom is -0.456 e. The van der Waals surface area contributed by atoms with Crippen molar-refractivity contribution in [3.63, 3.8) is 0 Å². The maximum Gasteiger partial charge on any atom is 0.234 e. The van der Waals surface area contributed by atoms with Crippen LogP contribution in [0.1, 0.15) is 0 Å². The van der Waals surface area contributed by atoms with Crippen molar-refractivity contribution < 1.29 is 8.83 Å². The van der Waals surface area contributed by atoms with Crippen molar-refractivity contribution in [2.24, 2.45) is 0 Å². The first-order valence-corrected chi connectivity index (χ1v) is 13.6. The molecule has 0 aliphatic carbocycles. The summed E-state index contributed by atoms with van der Waals surface area (Å²) in [5.74, 6) is 0.682. The maximum atomic E-state index is 6.27. The number of rotatable bonds is 3. The van der Waals surface area contributed by atoms with E-state index in [4.69, 9.17) is 13.8 Å². The van der Waals surface area contributed by atoms with E-state index >= 15 is 0 Å². The number of nitrogens with zero attached hydrogens (tertiary/aromatic N) is 3. The molecule has 0 bridgehead atoms. The summed E-state index contributed by atoms with van der Waals surface area (Å²) in [4.78, 5) is 9.40. The van der Waals surface area contributed by atoms with Crippen LogP contribution >= 0.6 is 0 Å². The number of fused-ring (bicyclic) bond motifs is 7. The molecule has 41 heavy (non-hydrogen) atoms. The molecule has 0 amide bonds. The molecule has 9 rings (SSSR count). The lowest BCUT2D eigenvalue weighted by Gasteiger charge is -2.07. The van der Waals surface area contributed by atoms with Gasteiger partial charge in [-0.3, -0.25) is 4.40 Å². The Morgan fingerprint density at radius 2 is 1.15 bits per heavy atom. The van der Waals surface area contributed by atoms with Gasteiger partial charge in [0.25, 0.3) is 0 Å². The molecule has 192 valence electrons. The predicted molar refractivity (Wildman–Crippen MR) is 164 cm³/mol. The third-order valence-electron chi connectivity index (χ3n) is 7.91. The standard InChI is InChI=1S/C36H21N3O2/c1-2-7-24(8-3-1)35-34(38-36-37-17-6-18-39(35)36)23-13-11-22(12-14-23)25-15-16-31-27(19-25)29-21-32-28(20-33(29)41-31)26-9-4-5-10-30(26)40-32/h1-21H. The van der Waals surface area contributed by atoms with Gasteiger partial charge in [-0.1, -0.05) is 78.9 Å². The Labute approximate surface area is 233 Å². The highest BCUT2D eigenvalue weighted by Gasteiger charge is 2.17. The van der Waals surface area contributed by atoms with E-state index < -0.39 is 0 Å². The maximum absolute atomic E-state index is 6.27. The van der Waals surface area contributed by atoms with Gasteiger partial charge in [-0.05, 0) is 47.5 Å². The summed E-state index contributed by atoms with van der Waals surface area (Å²) >= 11 is 0. The second kappa shape index (κ2) is 8.41. The average molecular weight is 528 g/mol. The molecule has 5 heteroatoms. The molecule has 0 saturated heterocycles. The van der Waals surface area contributed by atoms with Crippen LogP contribution in [0.25, 0.3) is 83.3 Å². The molecule has 4 aromatic heterocycles. The van der Waals surface area contributed by atoms with Crippen LogP contribution < -0.4 is 0 Å². The topological polar surface area (TPSA) is 56.5 Å². The van der Waals surface area contributed by atoms with E-state index in [9.17, 15) is 0 Å². The summed E-state index contributed by atoms with van der Waals surface area (Å²) in [6, 6.07) is 39.6. The molecule has 0 fully saturated rings. The summed E-state index contributed by atoms with van der Waals surface area (Å²) in [6.07, 6.45) is 3.79. The van der Waals surface area contributed by atoms with Gasteiger partial charge in [0, 0.05) is 45.1 Å². The fraction of sp³-hybridized carbons (Fsp3) is 0. The molecule has 0 atom stereocenters. The molecule has 4 heterocycles. The summed E-state index contributed by atoms with van der Waals surface area (Å²) < 4.78 is 14.5. The number of hydrogen-bond acceptors (Lipinski definition) is 4. The molecular weight excluding hydrogens is 506 g/mol. The van der Waals surface area contributed by atoms with Crippen LogP contribution in [0.15, 0.2) is 136 Å². The Balaban J connectivity index is 1.15. The fourth-order valence-electron chi connectivity index (χ4n) is 5.95. The molecular formula is C36H21N3O2. The van der Waals surface area contributed by atoms with Crippen LogP contribution in [0.4, 0.5) is 0 Å². The lowest BCUT2D eigenvalue weighted by molar-refractivity contribution is 0.664. The van der Waals surface area contributed by atoms with Gasteiger partial charge in [-0.15, -0.1) is 0 Å². The van der Waals surface area contributed by atoms with Gasteiger partial charge >= 0.3 is 0 Å². The lowest BCUT2D eigenvalue weighted by Crippen LogP contribution is -1.90. The van der Waals surface area contributed by atoms with Crippen molar-refractivity contribution in [3.05, 3.63) is 128 Å². The van der Waals surface area contributed by atoms with E-state index in [1.807, 2.05) is 48.7 Å². The smallest absolute Gasteiger partial charge is 0.234 e. The van der Waals surface area contributed by atoms with Gasteiger partial charge in [0.15, 0.2) is 0 Å². The molecule has 0 radical (unpaired) electrons. The minimum absolute atomic E-state index is 0.682. The summed E-state index contributed by atoms with van der Waals surface area (Å²) in [6.45, 7) is 0. The quantitative estimate of drug-likeness (QED) is 0.230. The Morgan fingerprint density at radius 3 is 1.98 bits per heavy atom. The number of furan rings is 2. The van der Waals surface area contributed by atoms with Crippen LogP contribution in [0, 0.1) is 0 Å². The Bertz CT molecular complexity index is 2410. The van der Waals surface area contributed by atoms with Gasteiger partial charge in [-0.2, -0.15) is 0 Å². The summed E-state index contributed by atoms with van der Waals surface area (Å²) in [5, 5.41) is 4.29. The first kappa shape index (κ1) is 22.2. The second-order valence-corrected chi connectivity index (χ2v) is 10.3. The normalized spacial score (nSPS) is 11.9. The third-order valence-corrected chi connectivity index (χ3v) is 7.91. The van der Waals surface area contributed by atoms with E-state index in [1.54, 1.807) is 6.20 Å². The number of aromatic nitrogens is 3. The van der Waals surface area contributed by atoms with Crippen LogP contribution in [-0.2, 0) is 0 Å². The molecule has 5 aromatic carbocycles. The van der Waals surface area contributed by atoms with Crippen molar-refractivity contribution >= 4 is 49.7 Å². The van der Waals surface area contributed by atoms with Gasteiger partial charge in [0.05, 0.1) is 11.4 Å². The molecule has 0 aliphatic heterocycles. The molecule has 0 spiro atoms. The number of benzene rings is 5. The van der Waals surface area contributed by atoms with Crippen molar-refractivity contribution in [1.29, 1.82) is 0 Å². The Hall–Kier alpha value is -5.68. The number of hydrogen-bond donors (Lipinski definition) is 0. The highest BCUT2D eigenvalue weighted by molar-refractivity contribution is 6.15. The van der Waals surface area contributed by atoms with E-state index in [1.165, 1.54) is 0 Å². The van der Waals surface area contributed by atoms with Gasteiger partial charge in [-0.25, -0.2) is 9.97 Å². The highest BCUT2D eigenvalue weighted by atomic mass is 16.3. The molecule has 0 unspecified atom stereocenters. The van der Waals surface area contributed by atoms with Crippen LogP contribution in [0.3, 0.4) is 0 Å². The zero-order valence-corrected chi connectivity index (χ0v) is 21.8. The van der Waals surface area contributed by atoms with E-state index in [0.29, 0.717) is 5.78 Å². The largest absolute Gasteiger partial charge is 0.456 e. The minimum atomic E-state index is 0.682. The van der Waals surface area contributed by atoms with Crippen molar-refractivity contribution in [2.45, 2.75) is 0 Å². The van der Waals surface area contributed by atoms with E-state index in [-0.39, 0.29) is 0 Å². The third kappa shape index (κ3) is 3.36. The van der Waals surface area contributed by atoms with E-state index in [0.717, 1.165) is 77.5 Å².